The topological polar surface area (TPSA) is 66.6 Å². The lowest BCUT2D eigenvalue weighted by Gasteiger charge is -2.24. The Bertz CT molecular complexity index is 300. The van der Waals surface area contributed by atoms with E-state index >= 15 is 0 Å². The lowest BCUT2D eigenvalue weighted by Crippen LogP contribution is -2.34. The van der Waals surface area contributed by atoms with Crippen molar-refractivity contribution in [2.24, 2.45) is 5.73 Å². The second-order valence-electron chi connectivity index (χ2n) is 3.06. The van der Waals surface area contributed by atoms with Crippen LogP contribution in [0, 0.1) is 0 Å². The van der Waals surface area contributed by atoms with Crippen LogP contribution in [-0.4, -0.2) is 29.7 Å². The van der Waals surface area contributed by atoms with Crippen molar-refractivity contribution in [1.29, 1.82) is 0 Å². The van der Waals surface area contributed by atoms with E-state index < -0.39 is 6.09 Å². The molecule has 0 aliphatic rings. The van der Waals surface area contributed by atoms with E-state index in [2.05, 4.69) is 0 Å². The molecule has 0 bridgehead atoms. The first-order valence-electron chi connectivity index (χ1n) is 4.37. The van der Waals surface area contributed by atoms with Crippen LogP contribution < -0.4 is 5.73 Å². The number of carboxylic acid groups (broad SMARTS) is 1. The Labute approximate surface area is 82.9 Å². The summed E-state index contributed by atoms with van der Waals surface area (Å²) in [7, 11) is 1.52. The van der Waals surface area contributed by atoms with Gasteiger partial charge in [-0.05, 0) is 5.56 Å². The molecule has 0 heterocycles. The number of hydrogen-bond acceptors (Lipinski definition) is 2. The maximum Gasteiger partial charge on any atom is 0.407 e. The van der Waals surface area contributed by atoms with Gasteiger partial charge in [0.25, 0.3) is 0 Å². The molecule has 0 fully saturated rings. The minimum atomic E-state index is -0.968. The molecule has 3 N–H and O–H groups in total. The van der Waals surface area contributed by atoms with Gasteiger partial charge >= 0.3 is 6.09 Å². The van der Waals surface area contributed by atoms with Crippen LogP contribution in [0.2, 0.25) is 0 Å². The fourth-order valence-electron chi connectivity index (χ4n) is 1.33. The maximum absolute atomic E-state index is 10.7. The van der Waals surface area contributed by atoms with Crippen molar-refractivity contribution in [2.45, 2.75) is 6.04 Å². The third-order valence-corrected chi connectivity index (χ3v) is 2.18. The molecule has 1 rings (SSSR count). The molecule has 0 aromatic heterocycles. The van der Waals surface area contributed by atoms with Gasteiger partial charge in [0, 0.05) is 13.6 Å². The van der Waals surface area contributed by atoms with Crippen molar-refractivity contribution in [1.82, 2.24) is 4.90 Å². The molecule has 0 spiro atoms. The number of nitrogens with zero attached hydrogens (tertiary/aromatic N) is 1. The summed E-state index contributed by atoms with van der Waals surface area (Å²) in [5, 5.41) is 8.82. The SMILES string of the molecule is CN(C(=O)O)C(CN)c1ccccc1. The van der Waals surface area contributed by atoms with E-state index in [0.29, 0.717) is 0 Å². The maximum atomic E-state index is 10.7. The molecular weight excluding hydrogens is 180 g/mol. The van der Waals surface area contributed by atoms with Gasteiger partial charge in [0.15, 0.2) is 0 Å². The molecule has 1 aromatic carbocycles. The van der Waals surface area contributed by atoms with Gasteiger partial charge in [-0.25, -0.2) is 4.79 Å². The monoisotopic (exact) mass is 194 g/mol. The van der Waals surface area contributed by atoms with Crippen molar-refractivity contribution < 1.29 is 9.90 Å². The van der Waals surface area contributed by atoms with Crippen molar-refractivity contribution >= 4 is 6.09 Å². The molecule has 0 aliphatic carbocycles. The van der Waals surface area contributed by atoms with E-state index in [0.717, 1.165) is 5.56 Å². The van der Waals surface area contributed by atoms with E-state index in [4.69, 9.17) is 10.8 Å². The Hall–Kier alpha value is -1.55. The molecule has 4 heteroatoms. The summed E-state index contributed by atoms with van der Waals surface area (Å²) >= 11 is 0. The van der Waals surface area contributed by atoms with Crippen LogP contribution in [0.15, 0.2) is 30.3 Å². The zero-order chi connectivity index (χ0) is 10.6. The molecule has 1 amide bonds. The Morgan fingerprint density at radius 2 is 2.07 bits per heavy atom. The van der Waals surface area contributed by atoms with Crippen molar-refractivity contribution in [2.75, 3.05) is 13.6 Å². The zero-order valence-corrected chi connectivity index (χ0v) is 8.05. The first-order valence-corrected chi connectivity index (χ1v) is 4.37. The van der Waals surface area contributed by atoms with E-state index in [1.165, 1.54) is 11.9 Å². The van der Waals surface area contributed by atoms with Crippen LogP contribution in [0.5, 0.6) is 0 Å². The van der Waals surface area contributed by atoms with Crippen molar-refractivity contribution in [3.05, 3.63) is 35.9 Å². The highest BCUT2D eigenvalue weighted by atomic mass is 16.4. The minimum Gasteiger partial charge on any atom is -0.465 e. The standard InChI is InChI=1S/C10H14N2O2/c1-12(10(13)14)9(7-11)8-5-3-2-4-6-8/h2-6,9H,7,11H2,1H3,(H,13,14). The Morgan fingerprint density at radius 3 is 2.50 bits per heavy atom. The first kappa shape index (κ1) is 10.5. The Morgan fingerprint density at radius 1 is 1.50 bits per heavy atom. The van der Waals surface area contributed by atoms with Gasteiger partial charge in [0.1, 0.15) is 0 Å². The third kappa shape index (κ3) is 2.23. The average Bonchev–Trinajstić information content (AvgIpc) is 2.20. The summed E-state index contributed by atoms with van der Waals surface area (Å²) in [5.41, 5.74) is 6.46. The fraction of sp³-hybridized carbons (Fsp3) is 0.300. The third-order valence-electron chi connectivity index (χ3n) is 2.18. The second-order valence-corrected chi connectivity index (χ2v) is 3.06. The molecule has 1 unspecified atom stereocenters. The van der Waals surface area contributed by atoms with Crippen LogP contribution in [0.25, 0.3) is 0 Å². The highest BCUT2D eigenvalue weighted by Gasteiger charge is 2.18. The van der Waals surface area contributed by atoms with Gasteiger partial charge in [-0.1, -0.05) is 30.3 Å². The minimum absolute atomic E-state index is 0.270. The van der Waals surface area contributed by atoms with Gasteiger partial charge in [0.2, 0.25) is 0 Å². The van der Waals surface area contributed by atoms with E-state index in [9.17, 15) is 4.79 Å². The van der Waals surface area contributed by atoms with Crippen molar-refractivity contribution in [3.8, 4) is 0 Å². The van der Waals surface area contributed by atoms with Gasteiger partial charge in [-0.2, -0.15) is 0 Å². The predicted molar refractivity (Wildman–Crippen MR) is 54.0 cm³/mol. The molecule has 14 heavy (non-hydrogen) atoms. The summed E-state index contributed by atoms with van der Waals surface area (Å²) in [4.78, 5) is 12.0. The number of benzene rings is 1. The van der Waals surface area contributed by atoms with Crippen molar-refractivity contribution in [3.63, 3.8) is 0 Å². The highest BCUT2D eigenvalue weighted by Crippen LogP contribution is 2.17. The summed E-state index contributed by atoms with van der Waals surface area (Å²) in [6.45, 7) is 0.285. The Balaban J connectivity index is 2.87. The highest BCUT2D eigenvalue weighted by molar-refractivity contribution is 5.65. The van der Waals surface area contributed by atoms with Crippen LogP contribution in [-0.2, 0) is 0 Å². The number of carbonyl (C=O) groups is 1. The zero-order valence-electron chi connectivity index (χ0n) is 8.05. The summed E-state index contributed by atoms with van der Waals surface area (Å²) in [6, 6.07) is 9.10. The van der Waals surface area contributed by atoms with E-state index in [-0.39, 0.29) is 12.6 Å². The van der Waals surface area contributed by atoms with Crippen LogP contribution in [0.4, 0.5) is 4.79 Å². The number of rotatable bonds is 3. The van der Waals surface area contributed by atoms with Gasteiger partial charge in [-0.3, -0.25) is 0 Å². The molecule has 0 aliphatic heterocycles. The molecule has 1 atom stereocenters. The summed E-state index contributed by atoms with van der Waals surface area (Å²) in [5.74, 6) is 0. The second kappa shape index (κ2) is 4.62. The van der Waals surface area contributed by atoms with Gasteiger partial charge in [0.05, 0.1) is 6.04 Å². The largest absolute Gasteiger partial charge is 0.465 e. The van der Waals surface area contributed by atoms with Gasteiger partial charge in [-0.15, -0.1) is 0 Å². The van der Waals surface area contributed by atoms with Crippen LogP contribution in [0.3, 0.4) is 0 Å². The lowest BCUT2D eigenvalue weighted by molar-refractivity contribution is 0.139. The van der Waals surface area contributed by atoms with Crippen LogP contribution >= 0.6 is 0 Å². The number of amides is 1. The van der Waals surface area contributed by atoms with Crippen LogP contribution in [0.1, 0.15) is 11.6 Å². The smallest absolute Gasteiger partial charge is 0.407 e. The quantitative estimate of drug-likeness (QED) is 0.762. The van der Waals surface area contributed by atoms with E-state index in [1.54, 1.807) is 0 Å². The predicted octanol–water partition coefficient (Wildman–Crippen LogP) is 1.30. The fourth-order valence-corrected chi connectivity index (χ4v) is 1.33. The Kier molecular flexibility index (Phi) is 3.48. The summed E-state index contributed by atoms with van der Waals surface area (Å²) in [6.07, 6.45) is -0.968. The van der Waals surface area contributed by atoms with Gasteiger partial charge < -0.3 is 15.7 Å². The first-order chi connectivity index (χ1) is 6.66. The molecule has 1 aromatic rings. The number of nitrogens with two attached hydrogens (primary N) is 1. The number of hydrogen-bond donors (Lipinski definition) is 2. The molecule has 0 saturated heterocycles. The average molecular weight is 194 g/mol. The molecule has 0 radical (unpaired) electrons. The summed E-state index contributed by atoms with van der Waals surface area (Å²) < 4.78 is 0. The normalized spacial score (nSPS) is 12.1. The molecular formula is C10H14N2O2. The molecule has 4 nitrogen and oxygen atoms in total. The number of likely N-dealkylation sites (N-methyl/N-ethyl adjacent to an activating group) is 1. The molecule has 76 valence electrons. The van der Waals surface area contributed by atoms with E-state index in [1.807, 2.05) is 30.3 Å². The lowest BCUT2D eigenvalue weighted by atomic mass is 10.1. The molecule has 0 saturated carbocycles.